The van der Waals surface area contributed by atoms with E-state index in [1.54, 1.807) is 49.4 Å². The predicted molar refractivity (Wildman–Crippen MR) is 138 cm³/mol. The molecule has 6 nitrogen and oxygen atoms in total. The smallest absolute Gasteiger partial charge is 0.303 e. The van der Waals surface area contributed by atoms with E-state index < -0.39 is 27.9 Å². The minimum atomic E-state index is -3.98. The molecule has 0 aromatic heterocycles. The van der Waals surface area contributed by atoms with Gasteiger partial charge in [0.05, 0.1) is 22.2 Å². The molecule has 0 spiro atoms. The van der Waals surface area contributed by atoms with Gasteiger partial charge in [-0.1, -0.05) is 35.9 Å². The van der Waals surface area contributed by atoms with Crippen LogP contribution in [-0.4, -0.2) is 32.1 Å². The van der Waals surface area contributed by atoms with Gasteiger partial charge in [-0.3, -0.25) is 9.10 Å². The summed E-state index contributed by atoms with van der Waals surface area (Å²) in [6.45, 7) is 3.55. The molecular weight excluding hydrogens is 505 g/mol. The van der Waals surface area contributed by atoms with Crippen LogP contribution in [0.1, 0.15) is 36.5 Å². The van der Waals surface area contributed by atoms with Crippen molar-refractivity contribution in [2.45, 2.75) is 37.7 Å². The number of hydrogen-bond donors (Lipinski definition) is 1. The fraction of sp³-hybridized carbons (Fsp3) is 0.222. The van der Waals surface area contributed by atoms with Crippen LogP contribution < -0.4 is 9.04 Å². The zero-order valence-corrected chi connectivity index (χ0v) is 21.3. The zero-order valence-electron chi connectivity index (χ0n) is 19.7. The Morgan fingerprint density at radius 3 is 2.64 bits per heavy atom. The maximum atomic E-state index is 14.3. The van der Waals surface area contributed by atoms with Crippen LogP contribution in [-0.2, 0) is 14.8 Å². The van der Waals surface area contributed by atoms with Crippen molar-refractivity contribution in [3.63, 3.8) is 0 Å². The number of rotatable bonds is 7. The van der Waals surface area contributed by atoms with Gasteiger partial charge in [-0.2, -0.15) is 0 Å². The predicted octanol–water partition coefficient (Wildman–Crippen LogP) is 6.17. The molecule has 4 rings (SSSR count). The second-order valence-electron chi connectivity index (χ2n) is 8.67. The lowest BCUT2D eigenvalue weighted by atomic mass is 10.0. The second kappa shape index (κ2) is 10.3. The van der Waals surface area contributed by atoms with E-state index in [0.717, 1.165) is 5.56 Å². The Morgan fingerprint density at radius 1 is 1.19 bits per heavy atom. The van der Waals surface area contributed by atoms with Gasteiger partial charge in [0.25, 0.3) is 10.0 Å². The number of sulfonamides is 1. The molecule has 0 bridgehead atoms. The first-order chi connectivity index (χ1) is 17.1. The summed E-state index contributed by atoms with van der Waals surface area (Å²) in [6, 6.07) is 16.1. The van der Waals surface area contributed by atoms with Gasteiger partial charge in [0.2, 0.25) is 0 Å². The molecule has 36 heavy (non-hydrogen) atoms. The van der Waals surface area contributed by atoms with Crippen LogP contribution in [0.15, 0.2) is 65.6 Å². The summed E-state index contributed by atoms with van der Waals surface area (Å²) in [4.78, 5) is 11.2. The number of hydrogen-bond acceptors (Lipinski definition) is 4. The SMILES string of the molecule is C/C(=C\c1c(F)cccc1Cl)c1ccc2c(c1)N(S(=O)(=O)c1cccc(C)c1)C[C@H](CCC(=O)O)O2. The number of aryl methyl sites for hydroxylation is 1. The van der Waals surface area contributed by atoms with Gasteiger partial charge in [-0.05, 0) is 79.4 Å². The molecule has 0 unspecified atom stereocenters. The van der Waals surface area contributed by atoms with Crippen molar-refractivity contribution in [1.29, 1.82) is 0 Å². The largest absolute Gasteiger partial charge is 0.486 e. The lowest BCUT2D eigenvalue weighted by Gasteiger charge is -2.35. The normalized spacial score (nSPS) is 15.8. The molecule has 0 saturated carbocycles. The van der Waals surface area contributed by atoms with E-state index in [9.17, 15) is 17.6 Å². The van der Waals surface area contributed by atoms with E-state index >= 15 is 0 Å². The van der Waals surface area contributed by atoms with Crippen LogP contribution in [0, 0.1) is 12.7 Å². The quantitative estimate of drug-likeness (QED) is 0.370. The number of carbonyl (C=O) groups is 1. The highest BCUT2D eigenvalue weighted by atomic mass is 35.5. The average Bonchev–Trinajstić information content (AvgIpc) is 2.84. The Bertz CT molecular complexity index is 1430. The Balaban J connectivity index is 1.79. The van der Waals surface area contributed by atoms with Gasteiger partial charge >= 0.3 is 5.97 Å². The molecule has 3 aromatic rings. The third-order valence-corrected chi connectivity index (χ3v) is 8.07. The number of ether oxygens (including phenoxy) is 1. The number of aliphatic carboxylic acids is 1. The third kappa shape index (κ3) is 5.39. The second-order valence-corrected chi connectivity index (χ2v) is 10.9. The summed E-state index contributed by atoms with van der Waals surface area (Å²) in [5.41, 5.74) is 2.69. The van der Waals surface area contributed by atoms with Gasteiger partial charge in [-0.15, -0.1) is 0 Å². The van der Waals surface area contributed by atoms with Crippen molar-refractivity contribution < 1.29 is 27.4 Å². The average molecular weight is 530 g/mol. The van der Waals surface area contributed by atoms with Crippen LogP contribution >= 0.6 is 11.6 Å². The number of benzene rings is 3. The topological polar surface area (TPSA) is 83.9 Å². The molecule has 1 atom stereocenters. The molecule has 1 aliphatic heterocycles. The first kappa shape index (κ1) is 25.7. The molecule has 0 aliphatic carbocycles. The lowest BCUT2D eigenvalue weighted by Crippen LogP contribution is -2.43. The van der Waals surface area contributed by atoms with Crippen LogP contribution in [0.4, 0.5) is 10.1 Å². The monoisotopic (exact) mass is 529 g/mol. The zero-order chi connectivity index (χ0) is 26.0. The molecule has 0 saturated heterocycles. The van der Waals surface area contributed by atoms with Gasteiger partial charge in [0, 0.05) is 12.0 Å². The van der Waals surface area contributed by atoms with E-state index in [0.29, 0.717) is 22.6 Å². The fourth-order valence-corrected chi connectivity index (χ4v) is 5.89. The molecule has 1 heterocycles. The molecule has 9 heteroatoms. The van der Waals surface area contributed by atoms with Crippen molar-refractivity contribution in [3.8, 4) is 5.75 Å². The van der Waals surface area contributed by atoms with Crippen molar-refractivity contribution in [2.75, 3.05) is 10.8 Å². The number of nitrogens with zero attached hydrogens (tertiary/aromatic N) is 1. The van der Waals surface area contributed by atoms with Crippen LogP contribution in [0.3, 0.4) is 0 Å². The van der Waals surface area contributed by atoms with Crippen LogP contribution in [0.5, 0.6) is 5.75 Å². The van der Waals surface area contributed by atoms with Gasteiger partial charge in [-0.25, -0.2) is 12.8 Å². The maximum absolute atomic E-state index is 14.3. The van der Waals surface area contributed by atoms with E-state index in [2.05, 4.69) is 0 Å². The minimum Gasteiger partial charge on any atom is -0.486 e. The number of carboxylic acids is 1. The fourth-order valence-electron chi connectivity index (χ4n) is 4.07. The number of allylic oxidation sites excluding steroid dienone is 1. The first-order valence-corrected chi connectivity index (χ1v) is 13.1. The van der Waals surface area contributed by atoms with Crippen molar-refractivity contribution in [3.05, 3.63) is 88.2 Å². The van der Waals surface area contributed by atoms with Gasteiger partial charge in [0.1, 0.15) is 17.7 Å². The van der Waals surface area contributed by atoms with Crippen LogP contribution in [0.25, 0.3) is 11.6 Å². The van der Waals surface area contributed by atoms with E-state index in [1.165, 1.54) is 22.5 Å². The summed E-state index contributed by atoms with van der Waals surface area (Å²) in [7, 11) is -3.98. The van der Waals surface area contributed by atoms with Gasteiger partial charge < -0.3 is 9.84 Å². The number of fused-ring (bicyclic) bond motifs is 1. The number of carboxylic acid groups (broad SMARTS) is 1. The number of halogens is 2. The molecule has 1 aliphatic rings. The summed E-state index contributed by atoms with van der Waals surface area (Å²) >= 11 is 6.17. The molecule has 3 aromatic carbocycles. The van der Waals surface area contributed by atoms with Crippen molar-refractivity contribution in [2.24, 2.45) is 0 Å². The van der Waals surface area contributed by atoms with E-state index in [1.807, 2.05) is 13.0 Å². The highest BCUT2D eigenvalue weighted by Crippen LogP contribution is 2.40. The highest BCUT2D eigenvalue weighted by molar-refractivity contribution is 7.92. The molecule has 0 radical (unpaired) electrons. The van der Waals surface area contributed by atoms with E-state index in [4.69, 9.17) is 21.4 Å². The van der Waals surface area contributed by atoms with Gasteiger partial charge in [0.15, 0.2) is 0 Å². The summed E-state index contributed by atoms with van der Waals surface area (Å²) in [5.74, 6) is -1.12. The Morgan fingerprint density at radius 2 is 1.94 bits per heavy atom. The highest BCUT2D eigenvalue weighted by Gasteiger charge is 2.35. The van der Waals surface area contributed by atoms with Crippen molar-refractivity contribution >= 4 is 44.9 Å². The Labute approximate surface area is 214 Å². The Kier molecular flexibility index (Phi) is 7.38. The summed E-state index contributed by atoms with van der Waals surface area (Å²) in [6.07, 6.45) is 0.980. The molecule has 0 amide bonds. The molecule has 1 N–H and O–H groups in total. The maximum Gasteiger partial charge on any atom is 0.303 e. The first-order valence-electron chi connectivity index (χ1n) is 11.3. The summed E-state index contributed by atoms with van der Waals surface area (Å²) < 4.78 is 49.0. The lowest BCUT2D eigenvalue weighted by molar-refractivity contribution is -0.137. The van der Waals surface area contributed by atoms with Crippen LogP contribution in [0.2, 0.25) is 5.02 Å². The Hall–Kier alpha value is -3.36. The molecule has 188 valence electrons. The standard InChI is InChI=1S/C27H25ClFNO5S/c1-17-5-3-6-21(13-17)36(33,34)30-16-20(10-12-27(31)32)35-26-11-9-19(15-25(26)30)18(2)14-22-23(28)7-4-8-24(22)29/h3-9,11,13-15,20H,10,12,16H2,1-2H3,(H,31,32)/b18-14+/t20-/m0/s1. The third-order valence-electron chi connectivity index (χ3n) is 5.96. The minimum absolute atomic E-state index is 0.0398. The summed E-state index contributed by atoms with van der Waals surface area (Å²) in [5, 5.41) is 9.37. The molecule has 0 fully saturated rings. The van der Waals surface area contributed by atoms with E-state index in [-0.39, 0.29) is 34.9 Å². The molecular formula is C27H25ClFNO5S. The number of anilines is 1. The van der Waals surface area contributed by atoms with Crippen molar-refractivity contribution in [1.82, 2.24) is 0 Å².